The Morgan fingerprint density at radius 2 is 1.96 bits per heavy atom. The summed E-state index contributed by atoms with van der Waals surface area (Å²) in [5.74, 6) is 1.79. The van der Waals surface area contributed by atoms with E-state index in [-0.39, 0.29) is 11.9 Å². The largest absolute Gasteiger partial charge is 0.486 e. The normalized spacial score (nSPS) is 14.5. The van der Waals surface area contributed by atoms with Gasteiger partial charge in [-0.15, -0.1) is 0 Å². The highest BCUT2D eigenvalue weighted by molar-refractivity contribution is 5.92. The van der Waals surface area contributed by atoms with E-state index in [1.807, 2.05) is 31.2 Å². The summed E-state index contributed by atoms with van der Waals surface area (Å²) in [7, 11) is 0. The third-order valence-corrected chi connectivity index (χ3v) is 3.91. The van der Waals surface area contributed by atoms with Crippen molar-refractivity contribution >= 4 is 5.91 Å². The van der Waals surface area contributed by atoms with E-state index in [0.717, 1.165) is 29.2 Å². The lowest BCUT2D eigenvalue weighted by molar-refractivity contribution is 0.0934. The Bertz CT molecular complexity index is 724. The van der Waals surface area contributed by atoms with E-state index in [9.17, 15) is 4.79 Å². The van der Waals surface area contributed by atoms with Crippen molar-refractivity contribution in [3.8, 4) is 11.5 Å². The first-order chi connectivity index (χ1) is 11.5. The maximum absolute atomic E-state index is 12.4. The Labute approximate surface area is 141 Å². The zero-order valence-corrected chi connectivity index (χ0v) is 14.3. The number of hydrogen-bond acceptors (Lipinski definition) is 4. The summed E-state index contributed by atoms with van der Waals surface area (Å²) in [6.07, 6.45) is 0.873. The lowest BCUT2D eigenvalue weighted by atomic mass is 10.1. The molecule has 6 heteroatoms. The van der Waals surface area contributed by atoms with E-state index in [4.69, 9.17) is 9.47 Å². The summed E-state index contributed by atoms with van der Waals surface area (Å²) in [6, 6.07) is 7.38. The SMILES string of the molecule is CC(C)Cc1cc(C(=O)NC(C)c2ccc3c(c2)OCCO3)n[nH]1. The molecule has 0 spiro atoms. The zero-order valence-electron chi connectivity index (χ0n) is 14.3. The summed E-state index contributed by atoms with van der Waals surface area (Å²) in [6.45, 7) is 7.31. The van der Waals surface area contributed by atoms with Crippen LogP contribution in [0.3, 0.4) is 0 Å². The molecule has 1 unspecified atom stereocenters. The Hall–Kier alpha value is -2.50. The molecule has 0 aliphatic carbocycles. The van der Waals surface area contributed by atoms with Crippen LogP contribution in [-0.4, -0.2) is 29.3 Å². The standard InChI is InChI=1S/C18H23N3O3/c1-11(2)8-14-10-15(21-20-14)18(22)19-12(3)13-4-5-16-17(9-13)24-7-6-23-16/h4-5,9-12H,6-8H2,1-3H3,(H,19,22)(H,20,21). The Morgan fingerprint density at radius 1 is 1.21 bits per heavy atom. The van der Waals surface area contributed by atoms with Crippen LogP contribution in [0.1, 0.15) is 48.6 Å². The fraction of sp³-hybridized carbons (Fsp3) is 0.444. The molecule has 2 N–H and O–H groups in total. The lowest BCUT2D eigenvalue weighted by Crippen LogP contribution is -2.27. The van der Waals surface area contributed by atoms with Gasteiger partial charge in [0, 0.05) is 5.69 Å². The lowest BCUT2D eigenvalue weighted by Gasteiger charge is -2.21. The second-order valence-electron chi connectivity index (χ2n) is 6.47. The first-order valence-corrected chi connectivity index (χ1v) is 8.27. The van der Waals surface area contributed by atoms with Crippen molar-refractivity contribution in [1.29, 1.82) is 0 Å². The van der Waals surface area contributed by atoms with Gasteiger partial charge in [-0.05, 0) is 43.0 Å². The van der Waals surface area contributed by atoms with E-state index in [2.05, 4.69) is 29.4 Å². The van der Waals surface area contributed by atoms with Gasteiger partial charge < -0.3 is 14.8 Å². The summed E-state index contributed by atoms with van der Waals surface area (Å²) >= 11 is 0. The molecule has 6 nitrogen and oxygen atoms in total. The summed E-state index contributed by atoms with van der Waals surface area (Å²) in [5, 5.41) is 10.00. The van der Waals surface area contributed by atoms with Crippen molar-refractivity contribution in [2.45, 2.75) is 33.2 Å². The third-order valence-electron chi connectivity index (χ3n) is 3.91. The van der Waals surface area contributed by atoms with Crippen LogP contribution in [0.4, 0.5) is 0 Å². The number of carbonyl (C=O) groups is 1. The highest BCUT2D eigenvalue weighted by Crippen LogP contribution is 2.32. The van der Waals surface area contributed by atoms with Gasteiger partial charge >= 0.3 is 0 Å². The molecule has 1 atom stereocenters. The van der Waals surface area contributed by atoms with Gasteiger partial charge in [0.1, 0.15) is 18.9 Å². The maximum Gasteiger partial charge on any atom is 0.272 e. The average molecular weight is 329 g/mol. The van der Waals surface area contributed by atoms with Gasteiger partial charge in [-0.3, -0.25) is 9.89 Å². The third kappa shape index (κ3) is 3.69. The molecule has 1 aromatic heterocycles. The first-order valence-electron chi connectivity index (χ1n) is 8.27. The van der Waals surface area contributed by atoms with Crippen LogP contribution in [0.25, 0.3) is 0 Å². The Balaban J connectivity index is 1.66. The molecule has 1 amide bonds. The summed E-state index contributed by atoms with van der Waals surface area (Å²) in [5.41, 5.74) is 2.35. The van der Waals surface area contributed by atoms with E-state index < -0.39 is 0 Å². The minimum atomic E-state index is -0.191. The number of carbonyl (C=O) groups excluding carboxylic acids is 1. The molecule has 2 aromatic rings. The van der Waals surface area contributed by atoms with Crippen LogP contribution in [-0.2, 0) is 6.42 Å². The van der Waals surface area contributed by atoms with Gasteiger partial charge in [0.2, 0.25) is 0 Å². The van der Waals surface area contributed by atoms with Crippen LogP contribution in [0, 0.1) is 5.92 Å². The highest BCUT2D eigenvalue weighted by Gasteiger charge is 2.18. The number of aromatic nitrogens is 2. The second-order valence-corrected chi connectivity index (χ2v) is 6.47. The molecule has 2 heterocycles. The van der Waals surface area contributed by atoms with Crippen molar-refractivity contribution in [2.75, 3.05) is 13.2 Å². The molecule has 0 bridgehead atoms. The molecule has 1 aromatic carbocycles. The number of H-pyrrole nitrogens is 1. The smallest absolute Gasteiger partial charge is 0.272 e. The van der Waals surface area contributed by atoms with E-state index in [1.165, 1.54) is 0 Å². The number of benzene rings is 1. The fourth-order valence-electron chi connectivity index (χ4n) is 2.71. The number of hydrogen-bond donors (Lipinski definition) is 2. The molecule has 0 saturated carbocycles. The van der Waals surface area contributed by atoms with E-state index >= 15 is 0 Å². The number of amides is 1. The predicted octanol–water partition coefficient (Wildman–Crippen LogP) is 2.87. The Kier molecular flexibility index (Phi) is 4.74. The highest BCUT2D eigenvalue weighted by atomic mass is 16.6. The van der Waals surface area contributed by atoms with Gasteiger partial charge in [0.05, 0.1) is 6.04 Å². The number of rotatable bonds is 5. The van der Waals surface area contributed by atoms with Crippen molar-refractivity contribution < 1.29 is 14.3 Å². The van der Waals surface area contributed by atoms with E-state index in [0.29, 0.717) is 24.8 Å². The van der Waals surface area contributed by atoms with E-state index in [1.54, 1.807) is 0 Å². The quantitative estimate of drug-likeness (QED) is 0.884. The molecule has 128 valence electrons. The monoisotopic (exact) mass is 329 g/mol. The predicted molar refractivity (Wildman–Crippen MR) is 90.4 cm³/mol. The van der Waals surface area contributed by atoms with Crippen molar-refractivity contribution in [2.24, 2.45) is 5.92 Å². The number of aromatic amines is 1. The van der Waals surface area contributed by atoms with Gasteiger partial charge in [-0.25, -0.2) is 0 Å². The first kappa shape index (κ1) is 16.4. The summed E-state index contributed by atoms with van der Waals surface area (Å²) in [4.78, 5) is 12.4. The van der Waals surface area contributed by atoms with Gasteiger partial charge in [0.25, 0.3) is 5.91 Å². The van der Waals surface area contributed by atoms with Crippen molar-refractivity contribution in [3.63, 3.8) is 0 Å². The molecule has 3 rings (SSSR count). The van der Waals surface area contributed by atoms with Crippen LogP contribution < -0.4 is 14.8 Å². The zero-order chi connectivity index (χ0) is 17.1. The molecule has 0 fully saturated rings. The van der Waals surface area contributed by atoms with Gasteiger partial charge in [-0.1, -0.05) is 19.9 Å². The van der Waals surface area contributed by atoms with Crippen LogP contribution in [0.2, 0.25) is 0 Å². The molecule has 24 heavy (non-hydrogen) atoms. The van der Waals surface area contributed by atoms with Crippen molar-refractivity contribution in [1.82, 2.24) is 15.5 Å². The average Bonchev–Trinajstić information content (AvgIpc) is 3.02. The van der Waals surface area contributed by atoms with Crippen LogP contribution in [0.15, 0.2) is 24.3 Å². The van der Waals surface area contributed by atoms with Gasteiger partial charge in [0.15, 0.2) is 11.5 Å². The number of nitrogens with one attached hydrogen (secondary N) is 2. The van der Waals surface area contributed by atoms with Gasteiger partial charge in [-0.2, -0.15) is 5.10 Å². The molecular weight excluding hydrogens is 306 g/mol. The molecule has 0 saturated heterocycles. The van der Waals surface area contributed by atoms with Crippen molar-refractivity contribution in [3.05, 3.63) is 41.2 Å². The fourth-order valence-corrected chi connectivity index (χ4v) is 2.71. The minimum absolute atomic E-state index is 0.154. The molecule has 0 radical (unpaired) electrons. The topological polar surface area (TPSA) is 76.2 Å². The molecular formula is C18H23N3O3. The van der Waals surface area contributed by atoms with Crippen LogP contribution in [0.5, 0.6) is 11.5 Å². The number of fused-ring (bicyclic) bond motifs is 1. The molecule has 1 aliphatic heterocycles. The second kappa shape index (κ2) is 6.95. The number of nitrogens with zero attached hydrogens (tertiary/aromatic N) is 1. The van der Waals surface area contributed by atoms with Crippen LogP contribution >= 0.6 is 0 Å². The molecule has 1 aliphatic rings. The maximum atomic E-state index is 12.4. The minimum Gasteiger partial charge on any atom is -0.486 e. The summed E-state index contributed by atoms with van der Waals surface area (Å²) < 4.78 is 11.1. The number of ether oxygens (including phenoxy) is 2. The Morgan fingerprint density at radius 3 is 2.71 bits per heavy atom.